The first-order valence-corrected chi connectivity index (χ1v) is 12.2. The molecule has 1 heterocycles. The van der Waals surface area contributed by atoms with Gasteiger partial charge in [-0.05, 0) is 59.7 Å². The Kier molecular flexibility index (Phi) is 7.81. The number of benzene rings is 3. The van der Waals surface area contributed by atoms with Crippen molar-refractivity contribution in [1.82, 2.24) is 10.2 Å². The van der Waals surface area contributed by atoms with Crippen LogP contribution in [0.3, 0.4) is 0 Å². The lowest BCUT2D eigenvalue weighted by Gasteiger charge is -2.24. The number of hydrogen-bond acceptors (Lipinski definition) is 4. The molecule has 1 atom stereocenters. The Balaban J connectivity index is 1.31. The third kappa shape index (κ3) is 6.22. The van der Waals surface area contributed by atoms with E-state index in [1.165, 1.54) is 0 Å². The number of rotatable bonds is 8. The maximum atomic E-state index is 12.5. The number of ether oxygens (including phenoxy) is 1. The Morgan fingerprint density at radius 2 is 1.61 bits per heavy atom. The molecule has 2 amide bonds. The maximum absolute atomic E-state index is 12.5. The summed E-state index contributed by atoms with van der Waals surface area (Å²) in [6.07, 6.45) is 0. The molecule has 170 valence electrons. The summed E-state index contributed by atoms with van der Waals surface area (Å²) >= 11 is 13.4. The second kappa shape index (κ2) is 11.0. The number of amides is 2. The van der Waals surface area contributed by atoms with Gasteiger partial charge in [0.2, 0.25) is 5.91 Å². The molecule has 1 saturated heterocycles. The molecule has 0 spiro atoms. The maximum Gasteiger partial charge on any atom is 0.251 e. The number of hydrogen-bond donors (Lipinski definition) is 1. The van der Waals surface area contributed by atoms with Gasteiger partial charge in [-0.15, -0.1) is 11.8 Å². The van der Waals surface area contributed by atoms with Crippen LogP contribution in [0.4, 0.5) is 0 Å². The fourth-order valence-electron chi connectivity index (χ4n) is 3.45. The highest BCUT2D eigenvalue weighted by Gasteiger charge is 2.32. The number of carbonyl (C=O) groups is 2. The van der Waals surface area contributed by atoms with Gasteiger partial charge < -0.3 is 15.0 Å². The Morgan fingerprint density at radius 3 is 2.27 bits per heavy atom. The average Bonchev–Trinajstić information content (AvgIpc) is 3.19. The van der Waals surface area contributed by atoms with E-state index in [-0.39, 0.29) is 17.2 Å². The van der Waals surface area contributed by atoms with Gasteiger partial charge in [-0.2, -0.15) is 0 Å². The molecule has 0 saturated carbocycles. The summed E-state index contributed by atoms with van der Waals surface area (Å²) in [6, 6.07) is 22.0. The van der Waals surface area contributed by atoms with E-state index < -0.39 is 0 Å². The molecule has 0 radical (unpaired) electrons. The van der Waals surface area contributed by atoms with E-state index in [4.69, 9.17) is 27.9 Å². The van der Waals surface area contributed by atoms with Crippen molar-refractivity contribution in [2.24, 2.45) is 0 Å². The van der Waals surface area contributed by atoms with Gasteiger partial charge in [0.25, 0.3) is 5.91 Å². The Bertz CT molecular complexity index is 1110. The smallest absolute Gasteiger partial charge is 0.251 e. The van der Waals surface area contributed by atoms with Crippen molar-refractivity contribution in [3.05, 3.63) is 99.5 Å². The third-order valence-electron chi connectivity index (χ3n) is 5.16. The lowest BCUT2D eigenvalue weighted by molar-refractivity contribution is -0.128. The van der Waals surface area contributed by atoms with Gasteiger partial charge in [-0.3, -0.25) is 9.59 Å². The van der Waals surface area contributed by atoms with E-state index in [0.29, 0.717) is 46.8 Å². The lowest BCUT2D eigenvalue weighted by Crippen LogP contribution is -2.28. The summed E-state index contributed by atoms with van der Waals surface area (Å²) < 4.78 is 5.59. The molecule has 1 fully saturated rings. The van der Waals surface area contributed by atoms with Crippen LogP contribution in [0.1, 0.15) is 26.9 Å². The molecule has 3 aromatic carbocycles. The van der Waals surface area contributed by atoms with Crippen LogP contribution in [0.15, 0.2) is 72.8 Å². The Labute approximate surface area is 207 Å². The second-order valence-electron chi connectivity index (χ2n) is 7.49. The summed E-state index contributed by atoms with van der Waals surface area (Å²) in [5.74, 6) is 1.07. The van der Waals surface area contributed by atoms with Crippen LogP contribution < -0.4 is 10.1 Å². The van der Waals surface area contributed by atoms with E-state index in [1.807, 2.05) is 41.3 Å². The second-order valence-corrected chi connectivity index (χ2v) is 9.43. The van der Waals surface area contributed by atoms with Gasteiger partial charge in [0.1, 0.15) is 17.7 Å². The van der Waals surface area contributed by atoms with Crippen LogP contribution in [0.5, 0.6) is 5.75 Å². The molecule has 1 unspecified atom stereocenters. The molecule has 4 rings (SSSR count). The summed E-state index contributed by atoms with van der Waals surface area (Å²) in [5.41, 5.74) is 2.57. The van der Waals surface area contributed by atoms with Crippen molar-refractivity contribution in [2.75, 3.05) is 18.9 Å². The van der Waals surface area contributed by atoms with Crippen molar-refractivity contribution >= 4 is 46.8 Å². The minimum atomic E-state index is -0.172. The fourth-order valence-corrected chi connectivity index (χ4v) is 4.89. The third-order valence-corrected chi connectivity index (χ3v) is 6.92. The van der Waals surface area contributed by atoms with E-state index in [0.717, 1.165) is 11.1 Å². The van der Waals surface area contributed by atoms with E-state index in [1.54, 1.807) is 48.2 Å². The number of nitrogens with zero attached hydrogens (tertiary/aromatic N) is 1. The first-order valence-electron chi connectivity index (χ1n) is 10.4. The monoisotopic (exact) mass is 500 g/mol. The molecular weight excluding hydrogens is 479 g/mol. The lowest BCUT2D eigenvalue weighted by atomic mass is 10.1. The minimum absolute atomic E-state index is 0.0851. The fraction of sp³-hybridized carbons (Fsp3) is 0.200. The largest absolute Gasteiger partial charge is 0.492 e. The predicted octanol–water partition coefficient (Wildman–Crippen LogP) is 5.58. The molecule has 0 bridgehead atoms. The van der Waals surface area contributed by atoms with Crippen LogP contribution in [-0.2, 0) is 11.3 Å². The summed E-state index contributed by atoms with van der Waals surface area (Å²) in [6.45, 7) is 1.25. The quantitative estimate of drug-likeness (QED) is 0.410. The van der Waals surface area contributed by atoms with Crippen molar-refractivity contribution in [3.8, 4) is 5.75 Å². The first kappa shape index (κ1) is 23.5. The van der Waals surface area contributed by atoms with Gasteiger partial charge in [0.05, 0.1) is 12.3 Å². The van der Waals surface area contributed by atoms with Gasteiger partial charge >= 0.3 is 0 Å². The van der Waals surface area contributed by atoms with Gasteiger partial charge in [-0.1, -0.05) is 47.5 Å². The summed E-state index contributed by atoms with van der Waals surface area (Å²) in [4.78, 5) is 26.8. The van der Waals surface area contributed by atoms with Crippen LogP contribution in [0, 0.1) is 0 Å². The highest BCUT2D eigenvalue weighted by Crippen LogP contribution is 2.39. The SMILES string of the molecule is O=C(NCCOc1ccc(Cl)cc1)c1ccc(C2SCC(=O)N2Cc2ccc(Cl)cc2)cc1. The predicted molar refractivity (Wildman–Crippen MR) is 133 cm³/mol. The molecule has 8 heteroatoms. The molecule has 1 aliphatic heterocycles. The van der Waals surface area contributed by atoms with Gasteiger partial charge in [0, 0.05) is 22.2 Å². The van der Waals surface area contributed by atoms with Crippen molar-refractivity contribution < 1.29 is 14.3 Å². The van der Waals surface area contributed by atoms with Crippen molar-refractivity contribution in [3.63, 3.8) is 0 Å². The minimum Gasteiger partial charge on any atom is -0.492 e. The highest BCUT2D eigenvalue weighted by molar-refractivity contribution is 8.00. The van der Waals surface area contributed by atoms with E-state index >= 15 is 0 Å². The Morgan fingerprint density at radius 1 is 0.970 bits per heavy atom. The molecule has 1 aliphatic rings. The molecule has 0 aromatic heterocycles. The molecule has 33 heavy (non-hydrogen) atoms. The standard InChI is InChI=1S/C25H22Cl2N2O3S/c26-20-7-1-17(2-8-20)15-29-23(30)16-33-25(29)19-5-3-18(4-6-19)24(31)28-13-14-32-22-11-9-21(27)10-12-22/h1-12,25H,13-16H2,(H,28,31). The molecule has 3 aromatic rings. The van der Waals surface area contributed by atoms with Gasteiger partial charge in [0.15, 0.2) is 0 Å². The zero-order chi connectivity index (χ0) is 23.2. The molecular formula is C25H22Cl2N2O3S. The van der Waals surface area contributed by atoms with Crippen LogP contribution >= 0.6 is 35.0 Å². The molecule has 5 nitrogen and oxygen atoms in total. The van der Waals surface area contributed by atoms with E-state index in [9.17, 15) is 9.59 Å². The zero-order valence-electron chi connectivity index (χ0n) is 17.7. The number of halogens is 2. The topological polar surface area (TPSA) is 58.6 Å². The Hall–Kier alpha value is -2.67. The average molecular weight is 501 g/mol. The van der Waals surface area contributed by atoms with Crippen LogP contribution in [0.25, 0.3) is 0 Å². The number of carbonyl (C=O) groups excluding carboxylic acids is 2. The summed E-state index contributed by atoms with van der Waals surface area (Å²) in [7, 11) is 0. The van der Waals surface area contributed by atoms with Crippen LogP contribution in [-0.4, -0.2) is 35.6 Å². The van der Waals surface area contributed by atoms with Crippen LogP contribution in [0.2, 0.25) is 10.0 Å². The normalized spacial score (nSPS) is 15.5. The molecule has 1 N–H and O–H groups in total. The number of thioether (sulfide) groups is 1. The summed E-state index contributed by atoms with van der Waals surface area (Å²) in [5, 5.41) is 4.08. The number of nitrogens with one attached hydrogen (secondary N) is 1. The zero-order valence-corrected chi connectivity index (χ0v) is 20.0. The first-order chi connectivity index (χ1) is 16.0. The van der Waals surface area contributed by atoms with E-state index in [2.05, 4.69) is 5.32 Å². The van der Waals surface area contributed by atoms with Crippen molar-refractivity contribution in [1.29, 1.82) is 0 Å². The van der Waals surface area contributed by atoms with Gasteiger partial charge in [-0.25, -0.2) is 0 Å². The van der Waals surface area contributed by atoms with Crippen molar-refractivity contribution in [2.45, 2.75) is 11.9 Å². The highest BCUT2D eigenvalue weighted by atomic mass is 35.5. The molecule has 0 aliphatic carbocycles.